The molecular formula is C21H19Cl2NO5. The maximum Gasteiger partial charge on any atom is 0.323 e. The maximum atomic E-state index is 12.5. The van der Waals surface area contributed by atoms with Crippen LogP contribution < -0.4 is 9.64 Å². The molecule has 0 fully saturated rings. The molecule has 2 rings (SSSR count). The van der Waals surface area contributed by atoms with Crippen molar-refractivity contribution >= 4 is 46.5 Å². The molecule has 0 bridgehead atoms. The van der Waals surface area contributed by atoms with Gasteiger partial charge in [-0.25, -0.2) is 0 Å². The molecule has 0 aliphatic rings. The molecule has 0 radical (unpaired) electrons. The Labute approximate surface area is 178 Å². The fourth-order valence-electron chi connectivity index (χ4n) is 2.45. The van der Waals surface area contributed by atoms with Crippen LogP contribution in [0.15, 0.2) is 54.6 Å². The van der Waals surface area contributed by atoms with Gasteiger partial charge in [-0.2, -0.15) is 0 Å². The first kappa shape index (κ1) is 22.5. The van der Waals surface area contributed by atoms with Gasteiger partial charge in [0.05, 0.1) is 5.02 Å². The van der Waals surface area contributed by atoms with Crippen molar-refractivity contribution in [3.63, 3.8) is 0 Å². The van der Waals surface area contributed by atoms with E-state index in [1.54, 1.807) is 37.3 Å². The third kappa shape index (κ3) is 5.59. The average Bonchev–Trinajstić information content (AvgIpc) is 2.72. The van der Waals surface area contributed by atoms with Gasteiger partial charge in [0.25, 0.3) is 5.91 Å². The molecule has 2 aromatic rings. The summed E-state index contributed by atoms with van der Waals surface area (Å²) < 4.78 is 5.45. The molecule has 0 aromatic heterocycles. The van der Waals surface area contributed by atoms with Crippen LogP contribution in [-0.2, 0) is 9.59 Å². The van der Waals surface area contributed by atoms with E-state index in [0.717, 1.165) is 4.90 Å². The van der Waals surface area contributed by atoms with Crippen LogP contribution in [0.1, 0.15) is 23.7 Å². The van der Waals surface area contributed by atoms with Crippen molar-refractivity contribution in [1.82, 2.24) is 0 Å². The number of aliphatic carboxylic acids is 1. The van der Waals surface area contributed by atoms with E-state index in [4.69, 9.17) is 33.0 Å². The van der Waals surface area contributed by atoms with Crippen molar-refractivity contribution in [3.8, 4) is 5.75 Å². The largest absolute Gasteiger partial charge is 0.482 e. The van der Waals surface area contributed by atoms with Crippen molar-refractivity contribution < 1.29 is 24.2 Å². The van der Waals surface area contributed by atoms with E-state index in [-0.39, 0.29) is 27.1 Å². The topological polar surface area (TPSA) is 83.9 Å². The molecule has 0 unspecified atom stereocenters. The van der Waals surface area contributed by atoms with Crippen molar-refractivity contribution in [2.45, 2.75) is 13.3 Å². The molecule has 1 N–H and O–H groups in total. The Morgan fingerprint density at radius 2 is 1.72 bits per heavy atom. The Bertz CT molecular complexity index is 944. The van der Waals surface area contributed by atoms with Gasteiger partial charge in [0.1, 0.15) is 17.3 Å². The quantitative estimate of drug-likeness (QED) is 0.458. The highest BCUT2D eigenvalue weighted by molar-refractivity contribution is 6.45. The molecule has 1 amide bonds. The summed E-state index contributed by atoms with van der Waals surface area (Å²) in [5.41, 5.74) is 1.00. The minimum absolute atomic E-state index is 0.00154. The molecule has 0 saturated carbocycles. The maximum absolute atomic E-state index is 12.5. The highest BCUT2D eigenvalue weighted by Gasteiger charge is 2.21. The van der Waals surface area contributed by atoms with Crippen LogP contribution in [0.2, 0.25) is 10.0 Å². The van der Waals surface area contributed by atoms with Crippen molar-refractivity contribution in [2.24, 2.45) is 0 Å². The second-order valence-electron chi connectivity index (χ2n) is 6.02. The number of para-hydroxylation sites is 1. The van der Waals surface area contributed by atoms with Crippen molar-refractivity contribution in [3.05, 3.63) is 70.2 Å². The molecule has 0 saturated heterocycles. The number of hydrogen-bond donors (Lipinski definition) is 1. The number of carboxylic acids is 1. The predicted molar refractivity (Wildman–Crippen MR) is 112 cm³/mol. The van der Waals surface area contributed by atoms with E-state index in [1.807, 2.05) is 0 Å². The zero-order valence-corrected chi connectivity index (χ0v) is 17.2. The van der Waals surface area contributed by atoms with Gasteiger partial charge < -0.3 is 9.84 Å². The van der Waals surface area contributed by atoms with Crippen molar-refractivity contribution in [2.75, 3.05) is 18.1 Å². The Morgan fingerprint density at radius 3 is 2.31 bits per heavy atom. The fourth-order valence-corrected chi connectivity index (χ4v) is 2.91. The number of ether oxygens (including phenoxy) is 1. The van der Waals surface area contributed by atoms with Gasteiger partial charge in [-0.1, -0.05) is 54.9 Å². The number of carbonyl (C=O) groups excluding carboxylic acids is 2. The minimum Gasteiger partial charge on any atom is -0.482 e. The third-order valence-electron chi connectivity index (χ3n) is 4.05. The number of rotatable bonds is 9. The fraction of sp³-hybridized carbons (Fsp3) is 0.190. The summed E-state index contributed by atoms with van der Waals surface area (Å²) in [6, 6.07) is 11.2. The SMILES string of the molecule is C=C(CC)C(=O)c1ccc(OCC(=O)N(CC(=O)O)c2ccccc2)c(Cl)c1Cl. The van der Waals surface area contributed by atoms with Gasteiger partial charge >= 0.3 is 5.97 Å². The van der Waals surface area contributed by atoms with E-state index in [9.17, 15) is 14.4 Å². The van der Waals surface area contributed by atoms with E-state index in [2.05, 4.69) is 6.58 Å². The van der Waals surface area contributed by atoms with E-state index < -0.39 is 25.0 Å². The molecule has 0 spiro atoms. The zero-order valence-electron chi connectivity index (χ0n) is 15.7. The first-order valence-corrected chi connectivity index (χ1v) is 9.42. The number of nitrogens with zero attached hydrogens (tertiary/aromatic N) is 1. The second-order valence-corrected chi connectivity index (χ2v) is 6.78. The Kier molecular flexibility index (Phi) is 7.82. The number of carboxylic acid groups (broad SMARTS) is 1. The highest BCUT2D eigenvalue weighted by Crippen LogP contribution is 2.35. The molecule has 8 heteroatoms. The first-order valence-electron chi connectivity index (χ1n) is 8.66. The normalized spacial score (nSPS) is 10.3. The number of benzene rings is 2. The van der Waals surface area contributed by atoms with Gasteiger partial charge in [-0.05, 0) is 36.3 Å². The molecule has 0 aliphatic carbocycles. The summed E-state index contributed by atoms with van der Waals surface area (Å²) in [5.74, 6) is -1.96. The zero-order chi connectivity index (χ0) is 21.6. The minimum atomic E-state index is -1.16. The molecule has 0 atom stereocenters. The molecule has 29 heavy (non-hydrogen) atoms. The summed E-state index contributed by atoms with van der Waals surface area (Å²) in [7, 11) is 0. The van der Waals surface area contributed by atoms with Crippen molar-refractivity contribution in [1.29, 1.82) is 0 Å². The number of ketones is 1. The molecular weight excluding hydrogens is 417 g/mol. The first-order chi connectivity index (χ1) is 13.8. The van der Waals surface area contributed by atoms with Crippen LogP contribution in [0.25, 0.3) is 0 Å². The Hall–Kier alpha value is -2.83. The Morgan fingerprint density at radius 1 is 1.07 bits per heavy atom. The van der Waals surface area contributed by atoms with Crippen LogP contribution in [0.4, 0.5) is 5.69 Å². The lowest BCUT2D eigenvalue weighted by Crippen LogP contribution is -2.38. The monoisotopic (exact) mass is 435 g/mol. The third-order valence-corrected chi connectivity index (χ3v) is 4.92. The van der Waals surface area contributed by atoms with Crippen LogP contribution in [-0.4, -0.2) is 35.9 Å². The Balaban J connectivity index is 2.18. The molecule has 2 aromatic carbocycles. The molecule has 0 aliphatic heterocycles. The number of hydrogen-bond acceptors (Lipinski definition) is 4. The molecule has 6 nitrogen and oxygen atoms in total. The number of amides is 1. The summed E-state index contributed by atoms with van der Waals surface area (Å²) in [6.45, 7) is 4.51. The van der Waals surface area contributed by atoms with Crippen LogP contribution >= 0.6 is 23.2 Å². The van der Waals surface area contributed by atoms with Gasteiger partial charge in [-0.15, -0.1) is 0 Å². The van der Waals surface area contributed by atoms with Crippen LogP contribution in [0, 0.1) is 0 Å². The summed E-state index contributed by atoms with van der Waals surface area (Å²) in [4.78, 5) is 37.0. The van der Waals surface area contributed by atoms with Gasteiger partial charge in [-0.3, -0.25) is 19.3 Å². The number of Topliss-reactive ketones (excluding diaryl/α,β-unsaturated/α-hetero) is 1. The van der Waals surface area contributed by atoms with Crippen LogP contribution in [0.5, 0.6) is 5.75 Å². The van der Waals surface area contributed by atoms with Crippen LogP contribution in [0.3, 0.4) is 0 Å². The van der Waals surface area contributed by atoms with E-state index in [0.29, 0.717) is 17.7 Å². The van der Waals surface area contributed by atoms with E-state index in [1.165, 1.54) is 12.1 Å². The molecule has 0 heterocycles. The number of allylic oxidation sites excluding steroid dienone is 1. The number of halogens is 2. The van der Waals surface area contributed by atoms with Gasteiger partial charge in [0.2, 0.25) is 0 Å². The lowest BCUT2D eigenvalue weighted by molar-refractivity contribution is -0.136. The average molecular weight is 436 g/mol. The lowest BCUT2D eigenvalue weighted by Gasteiger charge is -2.21. The summed E-state index contributed by atoms with van der Waals surface area (Å²) in [6.07, 6.45) is 0.471. The number of anilines is 1. The smallest absolute Gasteiger partial charge is 0.323 e. The standard InChI is InChI=1S/C21H19Cl2NO5/c1-3-13(2)21(28)15-9-10-16(20(23)19(15)22)29-12-17(25)24(11-18(26)27)14-7-5-4-6-8-14/h4-10H,2-3,11-12H2,1H3,(H,26,27). The predicted octanol–water partition coefficient (Wildman–Crippen LogP) is 4.64. The summed E-state index contributed by atoms with van der Waals surface area (Å²) >= 11 is 12.4. The lowest BCUT2D eigenvalue weighted by atomic mass is 10.0. The van der Waals surface area contributed by atoms with Gasteiger partial charge in [0.15, 0.2) is 12.4 Å². The summed E-state index contributed by atoms with van der Waals surface area (Å²) in [5, 5.41) is 9.08. The van der Waals surface area contributed by atoms with E-state index >= 15 is 0 Å². The highest BCUT2D eigenvalue weighted by atomic mass is 35.5. The second kappa shape index (κ2) is 10.1. The number of carbonyl (C=O) groups is 3. The van der Waals surface area contributed by atoms with Gasteiger partial charge in [0, 0.05) is 11.3 Å². The molecule has 152 valence electrons.